The molecular formula is C35H48FN5O3. The zero-order valence-corrected chi connectivity index (χ0v) is 27.4. The number of pyridine rings is 1. The number of carbonyl (C=O) groups is 2. The van der Waals surface area contributed by atoms with Crippen molar-refractivity contribution in [1.82, 2.24) is 24.3 Å². The van der Waals surface area contributed by atoms with E-state index in [0.717, 1.165) is 74.9 Å². The Morgan fingerprint density at radius 1 is 1.11 bits per heavy atom. The number of aryl methyl sites for hydroxylation is 1. The average molecular weight is 606 g/mol. The van der Waals surface area contributed by atoms with Gasteiger partial charge < -0.3 is 24.0 Å². The molecule has 0 spiro atoms. The molecule has 44 heavy (non-hydrogen) atoms. The van der Waals surface area contributed by atoms with Gasteiger partial charge in [-0.15, -0.1) is 0 Å². The van der Waals surface area contributed by atoms with Crippen molar-refractivity contribution in [3.63, 3.8) is 0 Å². The number of rotatable bonds is 8. The molecule has 2 amide bonds. The van der Waals surface area contributed by atoms with Crippen molar-refractivity contribution in [3.05, 3.63) is 59.3 Å². The van der Waals surface area contributed by atoms with E-state index in [1.165, 1.54) is 17.7 Å². The highest BCUT2D eigenvalue weighted by molar-refractivity contribution is 5.99. The SMILES string of the molecule is Cc1cncc2c1c(C[C@H]1CCN(CC[C@H]3CCN(C(=O)OC(C)(C)C)C3)C1)cn2-c1ccc(F)cc1C(=O)N(C)C(C)C. The number of aromatic nitrogens is 2. The molecule has 5 rings (SSSR count). The van der Waals surface area contributed by atoms with E-state index in [2.05, 4.69) is 23.0 Å². The minimum absolute atomic E-state index is 0.0117. The van der Waals surface area contributed by atoms with E-state index in [0.29, 0.717) is 23.1 Å². The molecule has 238 valence electrons. The van der Waals surface area contributed by atoms with E-state index in [1.54, 1.807) is 18.0 Å². The lowest BCUT2D eigenvalue weighted by Crippen LogP contribution is -2.35. The Hall–Kier alpha value is -3.46. The number of hydrogen-bond acceptors (Lipinski definition) is 5. The summed E-state index contributed by atoms with van der Waals surface area (Å²) in [6.07, 6.45) is 9.84. The molecule has 3 aromatic rings. The molecule has 2 atom stereocenters. The van der Waals surface area contributed by atoms with E-state index in [1.807, 2.05) is 56.5 Å². The highest BCUT2D eigenvalue weighted by Gasteiger charge is 2.31. The molecule has 4 heterocycles. The lowest BCUT2D eigenvalue weighted by Gasteiger charge is -2.24. The van der Waals surface area contributed by atoms with Crippen LogP contribution >= 0.6 is 0 Å². The summed E-state index contributed by atoms with van der Waals surface area (Å²) in [5.74, 6) is 0.393. The first-order valence-electron chi connectivity index (χ1n) is 16.0. The van der Waals surface area contributed by atoms with Crippen molar-refractivity contribution in [2.45, 2.75) is 78.9 Å². The third-order valence-electron chi connectivity index (χ3n) is 9.19. The fraction of sp³-hybridized carbons (Fsp3) is 0.571. The molecule has 0 bridgehead atoms. The van der Waals surface area contributed by atoms with Gasteiger partial charge in [0.2, 0.25) is 0 Å². The van der Waals surface area contributed by atoms with Gasteiger partial charge in [-0.1, -0.05) is 0 Å². The molecule has 2 saturated heterocycles. The predicted molar refractivity (Wildman–Crippen MR) is 172 cm³/mol. The van der Waals surface area contributed by atoms with E-state index >= 15 is 0 Å². The minimum Gasteiger partial charge on any atom is -0.444 e. The summed E-state index contributed by atoms with van der Waals surface area (Å²) in [6, 6.07) is 4.45. The minimum atomic E-state index is -0.468. The average Bonchev–Trinajstić information content (AvgIpc) is 3.70. The zero-order chi connectivity index (χ0) is 31.8. The Kier molecular flexibility index (Phi) is 9.35. The van der Waals surface area contributed by atoms with E-state index in [4.69, 9.17) is 4.74 Å². The number of halogens is 1. The molecule has 2 aliphatic heterocycles. The molecule has 9 heteroatoms. The molecule has 0 radical (unpaired) electrons. The molecule has 2 fully saturated rings. The summed E-state index contributed by atoms with van der Waals surface area (Å²) < 4.78 is 22.0. The van der Waals surface area contributed by atoms with Crippen molar-refractivity contribution in [1.29, 1.82) is 0 Å². The zero-order valence-electron chi connectivity index (χ0n) is 27.4. The fourth-order valence-corrected chi connectivity index (χ4v) is 6.63. The Bertz CT molecular complexity index is 1510. The van der Waals surface area contributed by atoms with Gasteiger partial charge in [-0.2, -0.15) is 0 Å². The quantitative estimate of drug-likeness (QED) is 0.295. The number of nitrogens with zero attached hydrogens (tertiary/aromatic N) is 5. The lowest BCUT2D eigenvalue weighted by molar-refractivity contribution is 0.0287. The summed E-state index contributed by atoms with van der Waals surface area (Å²) in [5, 5.41) is 1.16. The summed E-state index contributed by atoms with van der Waals surface area (Å²) in [6.45, 7) is 16.4. The van der Waals surface area contributed by atoms with Crippen molar-refractivity contribution in [2.24, 2.45) is 11.8 Å². The molecule has 0 aliphatic carbocycles. The molecule has 1 aromatic carbocycles. The van der Waals surface area contributed by atoms with E-state index in [9.17, 15) is 14.0 Å². The summed E-state index contributed by atoms with van der Waals surface area (Å²) >= 11 is 0. The van der Waals surface area contributed by atoms with Crippen LogP contribution in [0.15, 0.2) is 36.8 Å². The molecule has 8 nitrogen and oxygen atoms in total. The normalized spacial score (nSPS) is 19.3. The van der Waals surface area contributed by atoms with Crippen molar-refractivity contribution in [3.8, 4) is 5.69 Å². The third-order valence-corrected chi connectivity index (χ3v) is 9.19. The molecule has 2 aliphatic rings. The second kappa shape index (κ2) is 12.9. The molecule has 0 saturated carbocycles. The molecular weight excluding hydrogens is 557 g/mol. The van der Waals surface area contributed by atoms with Crippen LogP contribution in [0.3, 0.4) is 0 Å². The largest absolute Gasteiger partial charge is 0.444 e. The van der Waals surface area contributed by atoms with Gasteiger partial charge in [0, 0.05) is 50.5 Å². The Balaban J connectivity index is 1.28. The smallest absolute Gasteiger partial charge is 0.410 e. The third kappa shape index (κ3) is 7.09. The first-order chi connectivity index (χ1) is 20.8. The Morgan fingerprint density at radius 2 is 1.86 bits per heavy atom. The standard InChI is InChI=1S/C35H48FN5O3/c1-23(2)38(7)33(42)29-17-28(36)8-9-30(29)41-22-27(32-24(3)18-37-19-31(32)41)16-26-11-14-39(20-26)13-10-25-12-15-40(21-25)34(43)44-35(4,5)6/h8-9,17-19,22-23,25-26H,10-16,20-21H2,1-7H3/t25-,26+/m0/s1. The van der Waals surface area contributed by atoms with Gasteiger partial charge in [0.1, 0.15) is 11.4 Å². The maximum Gasteiger partial charge on any atom is 0.410 e. The highest BCUT2D eigenvalue weighted by atomic mass is 19.1. The number of benzene rings is 1. The maximum absolute atomic E-state index is 14.4. The lowest BCUT2D eigenvalue weighted by atomic mass is 9.97. The maximum atomic E-state index is 14.4. The summed E-state index contributed by atoms with van der Waals surface area (Å²) in [4.78, 5) is 36.4. The number of amides is 2. The topological polar surface area (TPSA) is 70.9 Å². The second-order valence-corrected chi connectivity index (χ2v) is 14.1. The summed E-state index contributed by atoms with van der Waals surface area (Å²) in [5.41, 5.74) is 3.79. The highest BCUT2D eigenvalue weighted by Crippen LogP contribution is 2.33. The van der Waals surface area contributed by atoms with Crippen LogP contribution in [0.2, 0.25) is 0 Å². The van der Waals surface area contributed by atoms with Gasteiger partial charge in [0.15, 0.2) is 0 Å². The van der Waals surface area contributed by atoms with Crippen LogP contribution in [0.4, 0.5) is 9.18 Å². The van der Waals surface area contributed by atoms with Crippen molar-refractivity contribution in [2.75, 3.05) is 39.8 Å². The van der Waals surface area contributed by atoms with Gasteiger partial charge in [-0.05, 0) is 121 Å². The monoisotopic (exact) mass is 605 g/mol. The van der Waals surface area contributed by atoms with Crippen LogP contribution < -0.4 is 0 Å². The molecule has 0 N–H and O–H groups in total. The predicted octanol–water partition coefficient (Wildman–Crippen LogP) is 6.46. The Labute approximate surface area is 261 Å². The van der Waals surface area contributed by atoms with Crippen LogP contribution in [-0.2, 0) is 11.2 Å². The number of hydrogen-bond donors (Lipinski definition) is 0. The number of likely N-dealkylation sites (tertiary alicyclic amines) is 2. The molecule has 2 aromatic heterocycles. The number of fused-ring (bicyclic) bond motifs is 1. The molecule has 0 unspecified atom stereocenters. The van der Waals surface area contributed by atoms with Gasteiger partial charge in [-0.25, -0.2) is 9.18 Å². The van der Waals surface area contributed by atoms with E-state index < -0.39 is 11.4 Å². The van der Waals surface area contributed by atoms with Crippen LogP contribution in [0.25, 0.3) is 16.6 Å². The van der Waals surface area contributed by atoms with Crippen molar-refractivity contribution >= 4 is 22.9 Å². The first-order valence-corrected chi connectivity index (χ1v) is 16.0. The van der Waals surface area contributed by atoms with Gasteiger partial charge in [0.25, 0.3) is 5.91 Å². The Morgan fingerprint density at radius 3 is 2.59 bits per heavy atom. The summed E-state index contributed by atoms with van der Waals surface area (Å²) in [7, 11) is 1.75. The second-order valence-electron chi connectivity index (χ2n) is 14.1. The van der Waals surface area contributed by atoms with Crippen LogP contribution in [0.1, 0.15) is 75.4 Å². The number of carbonyl (C=O) groups excluding carboxylic acids is 2. The van der Waals surface area contributed by atoms with Gasteiger partial charge in [-0.3, -0.25) is 9.78 Å². The van der Waals surface area contributed by atoms with Crippen LogP contribution in [0.5, 0.6) is 0 Å². The van der Waals surface area contributed by atoms with Crippen molar-refractivity contribution < 1.29 is 18.7 Å². The van der Waals surface area contributed by atoms with Gasteiger partial charge >= 0.3 is 6.09 Å². The first kappa shape index (κ1) is 31.9. The van der Waals surface area contributed by atoms with Gasteiger partial charge in [0.05, 0.1) is 23.0 Å². The number of ether oxygens (including phenoxy) is 1. The fourth-order valence-electron chi connectivity index (χ4n) is 6.63. The van der Waals surface area contributed by atoms with Crippen LogP contribution in [-0.4, -0.2) is 87.7 Å². The van der Waals surface area contributed by atoms with Crippen LogP contribution in [0, 0.1) is 24.6 Å². The van der Waals surface area contributed by atoms with E-state index in [-0.39, 0.29) is 18.0 Å².